The quantitative estimate of drug-likeness (QED) is 0.0848. The maximum Gasteiger partial charge on any atom is 0.303 e. The molecule has 0 spiro atoms. The van der Waals surface area contributed by atoms with Crippen molar-refractivity contribution in [1.29, 1.82) is 0 Å². The number of hydrogen-bond acceptors (Lipinski definition) is 2. The standard InChI is InChI=1S/C36H70O4/c1-6-10-23-31(8-3)29-36(5,30-32(9-4)24-11-7-2)33(27-28-35(39)40)25-21-19-17-15-13-12-14-16-18-20-22-26-34(37)38/h31-33H,6-30H2,1-5H3,(H,37,38)(H,39,40). The van der Waals surface area contributed by atoms with E-state index in [0.29, 0.717) is 18.8 Å². The molecule has 0 saturated carbocycles. The van der Waals surface area contributed by atoms with Crippen LogP contribution in [0, 0.1) is 23.2 Å². The molecule has 0 bridgehead atoms. The molecule has 238 valence electrons. The van der Waals surface area contributed by atoms with Crippen LogP contribution in [0.2, 0.25) is 0 Å². The average molecular weight is 567 g/mol. The molecule has 0 aromatic rings. The molecule has 0 aliphatic heterocycles. The highest BCUT2D eigenvalue weighted by Crippen LogP contribution is 2.47. The molecule has 0 fully saturated rings. The van der Waals surface area contributed by atoms with Gasteiger partial charge in [0, 0.05) is 12.8 Å². The van der Waals surface area contributed by atoms with Gasteiger partial charge in [0.1, 0.15) is 0 Å². The highest BCUT2D eigenvalue weighted by atomic mass is 16.4. The van der Waals surface area contributed by atoms with Crippen molar-refractivity contribution in [3.63, 3.8) is 0 Å². The Morgan fingerprint density at radius 1 is 0.525 bits per heavy atom. The maximum atomic E-state index is 11.6. The average Bonchev–Trinajstić information content (AvgIpc) is 2.92. The summed E-state index contributed by atoms with van der Waals surface area (Å²) >= 11 is 0. The molecule has 0 aliphatic rings. The number of carboxylic acid groups (broad SMARTS) is 2. The van der Waals surface area contributed by atoms with E-state index in [-0.39, 0.29) is 5.41 Å². The van der Waals surface area contributed by atoms with E-state index < -0.39 is 11.9 Å². The zero-order chi connectivity index (χ0) is 30.1. The molecular formula is C36H70O4. The Bertz CT molecular complexity index is 584. The van der Waals surface area contributed by atoms with Crippen LogP contribution in [0.1, 0.15) is 195 Å². The zero-order valence-corrected chi connectivity index (χ0v) is 27.6. The van der Waals surface area contributed by atoms with Crippen LogP contribution in [0.5, 0.6) is 0 Å². The fourth-order valence-electron chi connectivity index (χ4n) is 7.02. The molecule has 4 heteroatoms. The number of carbonyl (C=O) groups is 2. The first kappa shape index (κ1) is 38.9. The van der Waals surface area contributed by atoms with Crippen molar-refractivity contribution in [3.8, 4) is 0 Å². The Hall–Kier alpha value is -1.06. The third-order valence-electron chi connectivity index (χ3n) is 9.73. The fraction of sp³-hybridized carbons (Fsp3) is 0.944. The van der Waals surface area contributed by atoms with E-state index >= 15 is 0 Å². The summed E-state index contributed by atoms with van der Waals surface area (Å²) in [7, 11) is 0. The van der Waals surface area contributed by atoms with Crippen LogP contribution in [0.3, 0.4) is 0 Å². The van der Waals surface area contributed by atoms with E-state index in [1.165, 1.54) is 128 Å². The minimum Gasteiger partial charge on any atom is -0.481 e. The Labute approximate surface area is 249 Å². The first-order valence-corrected chi connectivity index (χ1v) is 17.7. The minimum atomic E-state index is -0.674. The lowest BCUT2D eigenvalue weighted by Crippen LogP contribution is -2.33. The Balaban J connectivity index is 4.92. The van der Waals surface area contributed by atoms with Crippen LogP contribution in [-0.4, -0.2) is 22.2 Å². The summed E-state index contributed by atoms with van der Waals surface area (Å²) in [6, 6.07) is 0. The van der Waals surface area contributed by atoms with E-state index in [1.807, 2.05) is 0 Å². The number of unbranched alkanes of at least 4 members (excludes halogenated alkanes) is 12. The second-order valence-corrected chi connectivity index (χ2v) is 13.3. The van der Waals surface area contributed by atoms with Crippen LogP contribution in [0.4, 0.5) is 0 Å². The van der Waals surface area contributed by atoms with Crippen molar-refractivity contribution in [2.24, 2.45) is 23.2 Å². The van der Waals surface area contributed by atoms with Gasteiger partial charge in [-0.3, -0.25) is 9.59 Å². The number of carboxylic acids is 2. The summed E-state index contributed by atoms with van der Waals surface area (Å²) in [5.41, 5.74) is 0.239. The molecule has 40 heavy (non-hydrogen) atoms. The summed E-state index contributed by atoms with van der Waals surface area (Å²) in [6.07, 6.45) is 28.7. The number of rotatable bonds is 30. The predicted octanol–water partition coefficient (Wildman–Crippen LogP) is 11.8. The van der Waals surface area contributed by atoms with E-state index in [9.17, 15) is 14.7 Å². The molecule has 2 N–H and O–H groups in total. The molecule has 0 aliphatic carbocycles. The van der Waals surface area contributed by atoms with Crippen molar-refractivity contribution in [2.45, 2.75) is 195 Å². The first-order valence-electron chi connectivity index (χ1n) is 17.7. The Kier molecular flexibility index (Phi) is 25.0. The van der Waals surface area contributed by atoms with E-state index in [2.05, 4.69) is 34.6 Å². The number of aliphatic carboxylic acids is 2. The molecule has 3 atom stereocenters. The zero-order valence-electron chi connectivity index (χ0n) is 27.6. The van der Waals surface area contributed by atoms with Crippen LogP contribution in [0.25, 0.3) is 0 Å². The molecule has 3 unspecified atom stereocenters. The van der Waals surface area contributed by atoms with Crippen molar-refractivity contribution >= 4 is 11.9 Å². The topological polar surface area (TPSA) is 74.6 Å². The Morgan fingerprint density at radius 3 is 1.30 bits per heavy atom. The van der Waals surface area contributed by atoms with Crippen LogP contribution in [0.15, 0.2) is 0 Å². The normalized spacial score (nSPS) is 15.4. The highest BCUT2D eigenvalue weighted by molar-refractivity contribution is 5.66. The fourth-order valence-corrected chi connectivity index (χ4v) is 7.02. The SMILES string of the molecule is CCCCC(CC)CC(C)(CC(CC)CCCC)C(CCCCCCCCCCCCCC(=O)O)CCC(=O)O. The van der Waals surface area contributed by atoms with Gasteiger partial charge in [-0.2, -0.15) is 0 Å². The predicted molar refractivity (Wildman–Crippen MR) is 172 cm³/mol. The maximum absolute atomic E-state index is 11.6. The van der Waals surface area contributed by atoms with Gasteiger partial charge in [-0.1, -0.05) is 150 Å². The van der Waals surface area contributed by atoms with Gasteiger partial charge < -0.3 is 10.2 Å². The Morgan fingerprint density at radius 2 is 0.925 bits per heavy atom. The summed E-state index contributed by atoms with van der Waals surface area (Å²) < 4.78 is 0. The lowest BCUT2D eigenvalue weighted by molar-refractivity contribution is -0.138. The van der Waals surface area contributed by atoms with Gasteiger partial charge in [-0.05, 0) is 55.3 Å². The molecule has 0 heterocycles. The second kappa shape index (κ2) is 25.6. The molecular weight excluding hydrogens is 496 g/mol. The summed E-state index contributed by atoms with van der Waals surface area (Å²) in [5, 5.41) is 18.3. The van der Waals surface area contributed by atoms with E-state index in [1.54, 1.807) is 0 Å². The van der Waals surface area contributed by atoms with Crippen molar-refractivity contribution in [3.05, 3.63) is 0 Å². The van der Waals surface area contributed by atoms with Crippen LogP contribution >= 0.6 is 0 Å². The van der Waals surface area contributed by atoms with Crippen molar-refractivity contribution in [1.82, 2.24) is 0 Å². The third-order valence-corrected chi connectivity index (χ3v) is 9.73. The lowest BCUT2D eigenvalue weighted by atomic mass is 9.62. The van der Waals surface area contributed by atoms with Gasteiger partial charge in [-0.15, -0.1) is 0 Å². The van der Waals surface area contributed by atoms with Gasteiger partial charge in [0.05, 0.1) is 0 Å². The molecule has 0 aromatic carbocycles. The van der Waals surface area contributed by atoms with Crippen LogP contribution in [-0.2, 0) is 9.59 Å². The van der Waals surface area contributed by atoms with E-state index in [0.717, 1.165) is 31.1 Å². The molecule has 0 amide bonds. The van der Waals surface area contributed by atoms with Gasteiger partial charge >= 0.3 is 11.9 Å². The molecule has 4 nitrogen and oxygen atoms in total. The number of hydrogen-bond donors (Lipinski definition) is 2. The van der Waals surface area contributed by atoms with Crippen LogP contribution < -0.4 is 0 Å². The third kappa shape index (κ3) is 20.8. The van der Waals surface area contributed by atoms with Gasteiger partial charge in [0.25, 0.3) is 0 Å². The summed E-state index contributed by atoms with van der Waals surface area (Å²) in [4.78, 5) is 22.2. The lowest BCUT2D eigenvalue weighted by Gasteiger charge is -2.43. The minimum absolute atomic E-state index is 0.239. The largest absolute Gasteiger partial charge is 0.481 e. The van der Waals surface area contributed by atoms with Crippen molar-refractivity contribution in [2.75, 3.05) is 0 Å². The molecule has 0 saturated heterocycles. The summed E-state index contributed by atoms with van der Waals surface area (Å²) in [5.74, 6) is 0.727. The van der Waals surface area contributed by atoms with Gasteiger partial charge in [0.15, 0.2) is 0 Å². The summed E-state index contributed by atoms with van der Waals surface area (Å²) in [6.45, 7) is 11.9. The van der Waals surface area contributed by atoms with Crippen molar-refractivity contribution < 1.29 is 19.8 Å². The first-order chi connectivity index (χ1) is 19.2. The van der Waals surface area contributed by atoms with Gasteiger partial charge in [0.2, 0.25) is 0 Å². The highest BCUT2D eigenvalue weighted by Gasteiger charge is 2.37. The van der Waals surface area contributed by atoms with Gasteiger partial charge in [-0.25, -0.2) is 0 Å². The second-order valence-electron chi connectivity index (χ2n) is 13.3. The monoisotopic (exact) mass is 567 g/mol. The molecule has 0 radical (unpaired) electrons. The smallest absolute Gasteiger partial charge is 0.303 e. The van der Waals surface area contributed by atoms with E-state index in [4.69, 9.17) is 5.11 Å². The molecule has 0 aromatic heterocycles. The molecule has 0 rings (SSSR count).